The smallest absolute Gasteiger partial charge is 0.323 e. The van der Waals surface area contributed by atoms with Crippen LogP contribution in [0.2, 0.25) is 0 Å². The fourth-order valence-electron chi connectivity index (χ4n) is 2.69. The molecule has 0 aromatic heterocycles. The van der Waals surface area contributed by atoms with Crippen molar-refractivity contribution in [3.05, 3.63) is 30.3 Å². The topological polar surface area (TPSA) is 95.0 Å². The number of carboxylic acid groups (broad SMARTS) is 1. The van der Waals surface area contributed by atoms with Gasteiger partial charge in [-0.05, 0) is 25.0 Å². The lowest BCUT2D eigenvalue weighted by molar-refractivity contribution is -0.137. The molecule has 0 atom stereocenters. The predicted octanol–water partition coefficient (Wildman–Crippen LogP) is 0.776. The van der Waals surface area contributed by atoms with E-state index in [0.717, 1.165) is 6.26 Å². The molecule has 1 fully saturated rings. The Hall–Kier alpha value is -1.93. The van der Waals surface area contributed by atoms with Gasteiger partial charge >= 0.3 is 5.97 Å². The third-order valence-electron chi connectivity index (χ3n) is 3.90. The molecule has 23 heavy (non-hydrogen) atoms. The van der Waals surface area contributed by atoms with Gasteiger partial charge in [0.25, 0.3) is 0 Å². The van der Waals surface area contributed by atoms with Crippen LogP contribution in [0.25, 0.3) is 0 Å². The molecule has 1 aliphatic rings. The highest BCUT2D eigenvalue weighted by atomic mass is 32.2. The molecule has 1 aliphatic heterocycles. The molecule has 1 amide bonds. The number of benzene rings is 1. The zero-order valence-corrected chi connectivity index (χ0v) is 13.7. The Labute approximate surface area is 135 Å². The van der Waals surface area contributed by atoms with Crippen molar-refractivity contribution < 1.29 is 23.1 Å². The van der Waals surface area contributed by atoms with Crippen molar-refractivity contribution in [2.75, 3.05) is 30.8 Å². The van der Waals surface area contributed by atoms with Gasteiger partial charge in [0.2, 0.25) is 15.9 Å². The Balaban J connectivity index is 2.11. The van der Waals surface area contributed by atoms with Gasteiger partial charge in [-0.1, -0.05) is 18.2 Å². The van der Waals surface area contributed by atoms with Gasteiger partial charge in [0, 0.05) is 24.7 Å². The Kier molecular flexibility index (Phi) is 5.38. The Morgan fingerprint density at radius 3 is 2.26 bits per heavy atom. The minimum atomic E-state index is -3.25. The number of anilines is 1. The molecular weight excluding hydrogens is 320 g/mol. The first-order valence-corrected chi connectivity index (χ1v) is 9.17. The molecule has 1 heterocycles. The maximum atomic E-state index is 12.7. The number of para-hydroxylation sites is 1. The molecule has 8 heteroatoms. The molecule has 7 nitrogen and oxygen atoms in total. The fraction of sp³-hybridized carbons (Fsp3) is 0.467. The molecule has 0 unspecified atom stereocenters. The van der Waals surface area contributed by atoms with Gasteiger partial charge in [0.15, 0.2) is 0 Å². The summed E-state index contributed by atoms with van der Waals surface area (Å²) in [5.74, 6) is -1.73. The van der Waals surface area contributed by atoms with Crippen molar-refractivity contribution in [2.24, 2.45) is 5.92 Å². The highest BCUT2D eigenvalue weighted by molar-refractivity contribution is 7.88. The SMILES string of the molecule is CS(=O)(=O)N1CCC(C(=O)N(CC(=O)O)c2ccccc2)CC1. The van der Waals surface area contributed by atoms with E-state index in [-0.39, 0.29) is 24.9 Å². The van der Waals surface area contributed by atoms with Crippen LogP contribution < -0.4 is 4.90 Å². The zero-order valence-electron chi connectivity index (χ0n) is 12.9. The van der Waals surface area contributed by atoms with Gasteiger partial charge < -0.3 is 10.0 Å². The van der Waals surface area contributed by atoms with Crippen LogP contribution in [0, 0.1) is 5.92 Å². The van der Waals surface area contributed by atoms with Crippen LogP contribution in [0.15, 0.2) is 30.3 Å². The molecular formula is C15H20N2O5S. The summed E-state index contributed by atoms with van der Waals surface area (Å²) in [6.45, 7) is 0.158. The normalized spacial score (nSPS) is 16.9. The summed E-state index contributed by atoms with van der Waals surface area (Å²) >= 11 is 0. The number of aliphatic carboxylic acids is 1. The Bertz CT molecular complexity index is 666. The van der Waals surface area contributed by atoms with Crippen molar-refractivity contribution in [3.63, 3.8) is 0 Å². The first-order valence-electron chi connectivity index (χ1n) is 7.32. The second-order valence-electron chi connectivity index (χ2n) is 5.59. The van der Waals surface area contributed by atoms with Gasteiger partial charge in [-0.2, -0.15) is 0 Å². The van der Waals surface area contributed by atoms with Crippen molar-refractivity contribution >= 4 is 27.6 Å². The molecule has 0 spiro atoms. The minimum Gasteiger partial charge on any atom is -0.480 e. The van der Waals surface area contributed by atoms with Crippen molar-refractivity contribution in [2.45, 2.75) is 12.8 Å². The third kappa shape index (κ3) is 4.52. The Morgan fingerprint density at radius 2 is 1.78 bits per heavy atom. The number of sulfonamides is 1. The quantitative estimate of drug-likeness (QED) is 0.854. The number of carbonyl (C=O) groups is 2. The highest BCUT2D eigenvalue weighted by Crippen LogP contribution is 2.24. The summed E-state index contributed by atoms with van der Waals surface area (Å²) in [6, 6.07) is 8.64. The minimum absolute atomic E-state index is 0.272. The van der Waals surface area contributed by atoms with Crippen LogP contribution in [0.4, 0.5) is 5.69 Å². The van der Waals surface area contributed by atoms with Crippen LogP contribution in [-0.2, 0) is 19.6 Å². The number of hydrogen-bond acceptors (Lipinski definition) is 4. The van der Waals surface area contributed by atoms with E-state index in [2.05, 4.69) is 0 Å². The summed E-state index contributed by atoms with van der Waals surface area (Å²) in [5, 5.41) is 9.06. The number of rotatable bonds is 5. The maximum Gasteiger partial charge on any atom is 0.323 e. The molecule has 126 valence electrons. The molecule has 0 saturated carbocycles. The monoisotopic (exact) mass is 340 g/mol. The summed E-state index contributed by atoms with van der Waals surface area (Å²) in [4.78, 5) is 25.0. The van der Waals surface area contributed by atoms with E-state index >= 15 is 0 Å². The summed E-state index contributed by atoms with van der Waals surface area (Å²) in [6.07, 6.45) is 1.94. The van der Waals surface area contributed by atoms with Gasteiger partial charge in [0.05, 0.1) is 6.26 Å². The lowest BCUT2D eigenvalue weighted by atomic mass is 9.96. The average molecular weight is 340 g/mol. The average Bonchev–Trinajstić information content (AvgIpc) is 2.52. The summed E-state index contributed by atoms with van der Waals surface area (Å²) in [7, 11) is -3.25. The van der Waals surface area contributed by atoms with E-state index < -0.39 is 22.5 Å². The molecule has 0 aliphatic carbocycles. The van der Waals surface area contributed by atoms with Gasteiger partial charge in [-0.25, -0.2) is 12.7 Å². The second-order valence-corrected chi connectivity index (χ2v) is 7.57. The van der Waals surface area contributed by atoms with Crippen molar-refractivity contribution in [3.8, 4) is 0 Å². The van der Waals surface area contributed by atoms with Gasteiger partial charge in [-0.15, -0.1) is 0 Å². The second kappa shape index (κ2) is 7.10. The summed E-state index contributed by atoms with van der Waals surface area (Å²) in [5.41, 5.74) is 0.533. The molecule has 2 rings (SSSR count). The number of hydrogen-bond donors (Lipinski definition) is 1. The van der Waals surface area contributed by atoms with Crippen LogP contribution >= 0.6 is 0 Å². The molecule has 1 aromatic carbocycles. The van der Waals surface area contributed by atoms with Crippen LogP contribution in [0.5, 0.6) is 0 Å². The van der Waals surface area contributed by atoms with Crippen LogP contribution in [-0.4, -0.2) is 55.6 Å². The fourth-order valence-corrected chi connectivity index (χ4v) is 3.57. The molecule has 1 N–H and O–H groups in total. The number of nitrogens with zero attached hydrogens (tertiary/aromatic N) is 2. The van der Waals surface area contributed by atoms with Crippen LogP contribution in [0.3, 0.4) is 0 Å². The van der Waals surface area contributed by atoms with E-state index in [1.54, 1.807) is 30.3 Å². The predicted molar refractivity (Wildman–Crippen MR) is 85.6 cm³/mol. The van der Waals surface area contributed by atoms with Gasteiger partial charge in [-0.3, -0.25) is 9.59 Å². The van der Waals surface area contributed by atoms with Crippen LogP contribution in [0.1, 0.15) is 12.8 Å². The third-order valence-corrected chi connectivity index (χ3v) is 5.20. The van der Waals surface area contributed by atoms with E-state index in [0.29, 0.717) is 18.5 Å². The number of amides is 1. The Morgan fingerprint density at radius 1 is 1.22 bits per heavy atom. The van der Waals surface area contributed by atoms with E-state index in [1.807, 2.05) is 0 Å². The zero-order chi connectivity index (χ0) is 17.0. The maximum absolute atomic E-state index is 12.7. The first kappa shape index (κ1) is 17.4. The number of carbonyl (C=O) groups excluding carboxylic acids is 1. The molecule has 0 radical (unpaired) electrons. The standard InChI is InChI=1S/C15H20N2O5S/c1-23(21,22)16-9-7-12(8-10-16)15(20)17(11-14(18)19)13-5-3-2-4-6-13/h2-6,12H,7-11H2,1H3,(H,18,19). The van der Waals surface area contributed by atoms with E-state index in [4.69, 9.17) is 5.11 Å². The number of piperidine rings is 1. The van der Waals surface area contributed by atoms with E-state index in [9.17, 15) is 18.0 Å². The van der Waals surface area contributed by atoms with Crippen molar-refractivity contribution in [1.29, 1.82) is 0 Å². The lowest BCUT2D eigenvalue weighted by Crippen LogP contribution is -2.45. The van der Waals surface area contributed by atoms with Gasteiger partial charge in [0.1, 0.15) is 6.54 Å². The number of carboxylic acids is 1. The summed E-state index contributed by atoms with van der Waals surface area (Å²) < 4.78 is 24.4. The first-order chi connectivity index (χ1) is 10.8. The van der Waals surface area contributed by atoms with E-state index in [1.165, 1.54) is 9.21 Å². The largest absolute Gasteiger partial charge is 0.480 e. The highest BCUT2D eigenvalue weighted by Gasteiger charge is 2.32. The lowest BCUT2D eigenvalue weighted by Gasteiger charge is -2.32. The molecule has 1 aromatic rings. The van der Waals surface area contributed by atoms with Crippen molar-refractivity contribution in [1.82, 2.24) is 4.31 Å². The molecule has 1 saturated heterocycles. The molecule has 0 bridgehead atoms.